The maximum atomic E-state index is 13.2. The molecule has 2 amide bonds. The van der Waals surface area contributed by atoms with Gasteiger partial charge in [-0.3, -0.25) is 9.59 Å². The van der Waals surface area contributed by atoms with Crippen molar-refractivity contribution in [3.8, 4) is 5.75 Å². The first-order valence-corrected chi connectivity index (χ1v) is 12.0. The molecule has 0 saturated heterocycles. The zero-order valence-electron chi connectivity index (χ0n) is 19.0. The van der Waals surface area contributed by atoms with E-state index in [-0.39, 0.29) is 11.8 Å². The summed E-state index contributed by atoms with van der Waals surface area (Å²) in [5.41, 5.74) is 3.31. The van der Waals surface area contributed by atoms with Crippen molar-refractivity contribution >= 4 is 23.6 Å². The number of carbonyl (C=O) groups excluding carboxylic acids is 2. The third kappa shape index (κ3) is 7.94. The number of benzene rings is 2. The number of amides is 2. The Bertz CT molecular complexity index is 839. The minimum Gasteiger partial charge on any atom is -0.497 e. The van der Waals surface area contributed by atoms with Gasteiger partial charge in [0.1, 0.15) is 11.8 Å². The summed E-state index contributed by atoms with van der Waals surface area (Å²) in [6, 6.07) is 15.5. The maximum absolute atomic E-state index is 13.2. The van der Waals surface area contributed by atoms with E-state index in [9.17, 15) is 9.59 Å². The van der Waals surface area contributed by atoms with Gasteiger partial charge in [-0.1, -0.05) is 55.8 Å². The largest absolute Gasteiger partial charge is 0.497 e. The second-order valence-corrected chi connectivity index (χ2v) is 8.55. The van der Waals surface area contributed by atoms with E-state index in [1.165, 1.54) is 0 Å². The molecule has 0 spiro atoms. The molecule has 0 bridgehead atoms. The number of nitrogens with one attached hydrogen (secondary N) is 1. The number of thioether (sulfide) groups is 1. The first-order chi connectivity index (χ1) is 15.0. The number of aryl methyl sites for hydroxylation is 1. The van der Waals surface area contributed by atoms with Crippen LogP contribution in [0.3, 0.4) is 0 Å². The Morgan fingerprint density at radius 3 is 2.45 bits per heavy atom. The molecule has 168 valence electrons. The van der Waals surface area contributed by atoms with Crippen LogP contribution in [-0.4, -0.2) is 42.2 Å². The van der Waals surface area contributed by atoms with E-state index in [2.05, 4.69) is 11.4 Å². The first kappa shape index (κ1) is 24.8. The Morgan fingerprint density at radius 1 is 1.10 bits per heavy atom. The monoisotopic (exact) mass is 442 g/mol. The molecular weight excluding hydrogens is 408 g/mol. The zero-order valence-corrected chi connectivity index (χ0v) is 19.8. The van der Waals surface area contributed by atoms with Crippen LogP contribution in [0.4, 0.5) is 0 Å². The molecule has 0 saturated carbocycles. The smallest absolute Gasteiger partial charge is 0.242 e. The molecular formula is C25H34N2O3S. The van der Waals surface area contributed by atoms with Gasteiger partial charge in [-0.05, 0) is 43.0 Å². The SMILES string of the molecule is CCCNC(=O)C(CC)N(Cc1cccc(C)c1)C(=O)CSCc1ccc(OC)cc1. The van der Waals surface area contributed by atoms with Gasteiger partial charge < -0.3 is 15.0 Å². The molecule has 2 aromatic rings. The molecule has 1 atom stereocenters. The Labute approximate surface area is 190 Å². The lowest BCUT2D eigenvalue weighted by Gasteiger charge is -2.30. The number of rotatable bonds is 12. The van der Waals surface area contributed by atoms with Crippen molar-refractivity contribution in [1.29, 1.82) is 0 Å². The summed E-state index contributed by atoms with van der Waals surface area (Å²) in [5.74, 6) is 1.78. The maximum Gasteiger partial charge on any atom is 0.242 e. The van der Waals surface area contributed by atoms with Crippen LogP contribution in [0.2, 0.25) is 0 Å². The topological polar surface area (TPSA) is 58.6 Å². The highest BCUT2D eigenvalue weighted by Crippen LogP contribution is 2.19. The highest BCUT2D eigenvalue weighted by atomic mass is 32.2. The number of hydrogen-bond acceptors (Lipinski definition) is 4. The second-order valence-electron chi connectivity index (χ2n) is 7.57. The lowest BCUT2D eigenvalue weighted by atomic mass is 10.1. The highest BCUT2D eigenvalue weighted by molar-refractivity contribution is 7.99. The van der Waals surface area contributed by atoms with Crippen molar-refractivity contribution in [1.82, 2.24) is 10.2 Å². The molecule has 0 aliphatic rings. The normalized spacial score (nSPS) is 11.6. The molecule has 0 fully saturated rings. The molecule has 1 unspecified atom stereocenters. The standard InChI is InChI=1S/C25H34N2O3S/c1-5-14-26-25(29)23(6-2)27(16-21-9-7-8-19(3)15-21)24(28)18-31-17-20-10-12-22(30-4)13-11-20/h7-13,15,23H,5-6,14,16-18H2,1-4H3,(H,26,29). The number of methoxy groups -OCH3 is 1. The van der Waals surface area contributed by atoms with Crippen molar-refractivity contribution < 1.29 is 14.3 Å². The van der Waals surface area contributed by atoms with Gasteiger partial charge in [0.25, 0.3) is 0 Å². The van der Waals surface area contributed by atoms with Crippen molar-refractivity contribution in [2.75, 3.05) is 19.4 Å². The van der Waals surface area contributed by atoms with Gasteiger partial charge in [-0.15, -0.1) is 11.8 Å². The van der Waals surface area contributed by atoms with Crippen LogP contribution in [0, 0.1) is 6.92 Å². The minimum absolute atomic E-state index is 0.0153. The van der Waals surface area contributed by atoms with Gasteiger partial charge in [0.2, 0.25) is 11.8 Å². The van der Waals surface area contributed by atoms with E-state index in [4.69, 9.17) is 4.74 Å². The lowest BCUT2D eigenvalue weighted by Crippen LogP contribution is -2.49. The van der Waals surface area contributed by atoms with Crippen LogP contribution in [-0.2, 0) is 21.9 Å². The Morgan fingerprint density at radius 2 is 1.84 bits per heavy atom. The van der Waals surface area contributed by atoms with Crippen LogP contribution >= 0.6 is 11.8 Å². The van der Waals surface area contributed by atoms with Gasteiger partial charge in [0, 0.05) is 18.8 Å². The molecule has 6 heteroatoms. The fraction of sp³-hybridized carbons (Fsp3) is 0.440. The Kier molecular flexibility index (Phi) is 10.4. The molecule has 1 N–H and O–H groups in total. The van der Waals surface area contributed by atoms with Crippen molar-refractivity contribution in [2.45, 2.75) is 52.0 Å². The first-order valence-electron chi connectivity index (χ1n) is 10.8. The summed E-state index contributed by atoms with van der Waals surface area (Å²) in [6.45, 7) is 7.06. The zero-order chi connectivity index (χ0) is 22.6. The highest BCUT2D eigenvalue weighted by Gasteiger charge is 2.28. The minimum atomic E-state index is -0.471. The van der Waals surface area contributed by atoms with Crippen LogP contribution in [0.15, 0.2) is 48.5 Å². The summed E-state index contributed by atoms with van der Waals surface area (Å²) in [5, 5.41) is 2.96. The van der Waals surface area contributed by atoms with Crippen molar-refractivity contribution in [3.63, 3.8) is 0 Å². The number of ether oxygens (including phenoxy) is 1. The van der Waals surface area contributed by atoms with E-state index in [0.717, 1.165) is 34.6 Å². The van der Waals surface area contributed by atoms with Gasteiger partial charge >= 0.3 is 0 Å². The fourth-order valence-corrected chi connectivity index (χ4v) is 4.22. The van der Waals surface area contributed by atoms with Crippen LogP contribution in [0.25, 0.3) is 0 Å². The Hall–Kier alpha value is -2.47. The summed E-state index contributed by atoms with van der Waals surface area (Å²) in [7, 11) is 1.64. The van der Waals surface area contributed by atoms with Crippen LogP contribution in [0.1, 0.15) is 43.4 Å². The molecule has 0 radical (unpaired) electrons. The van der Waals surface area contributed by atoms with Gasteiger partial charge in [-0.2, -0.15) is 0 Å². The predicted octanol–water partition coefficient (Wildman–Crippen LogP) is 4.57. The molecule has 31 heavy (non-hydrogen) atoms. The summed E-state index contributed by atoms with van der Waals surface area (Å²) in [6.07, 6.45) is 1.45. The molecule has 2 aromatic carbocycles. The van der Waals surface area contributed by atoms with Gasteiger partial charge in [-0.25, -0.2) is 0 Å². The van der Waals surface area contributed by atoms with E-state index >= 15 is 0 Å². The summed E-state index contributed by atoms with van der Waals surface area (Å²) in [4.78, 5) is 27.7. The van der Waals surface area contributed by atoms with Gasteiger partial charge in [0.15, 0.2) is 0 Å². The third-order valence-electron chi connectivity index (χ3n) is 5.02. The predicted molar refractivity (Wildman–Crippen MR) is 128 cm³/mol. The average Bonchev–Trinajstić information content (AvgIpc) is 2.78. The number of carbonyl (C=O) groups is 2. The number of hydrogen-bond donors (Lipinski definition) is 1. The Balaban J connectivity index is 2.09. The van der Waals surface area contributed by atoms with E-state index < -0.39 is 6.04 Å². The van der Waals surface area contributed by atoms with Gasteiger partial charge in [0.05, 0.1) is 12.9 Å². The quantitative estimate of drug-likeness (QED) is 0.523. The van der Waals surface area contributed by atoms with Crippen molar-refractivity contribution in [3.05, 3.63) is 65.2 Å². The molecule has 0 aliphatic carbocycles. The van der Waals surface area contributed by atoms with Crippen molar-refractivity contribution in [2.24, 2.45) is 0 Å². The molecule has 0 aliphatic heterocycles. The second kappa shape index (κ2) is 13.1. The summed E-state index contributed by atoms with van der Waals surface area (Å²) < 4.78 is 5.19. The molecule has 2 rings (SSSR count). The van der Waals surface area contributed by atoms with Crippen LogP contribution < -0.4 is 10.1 Å². The van der Waals surface area contributed by atoms with Crippen LogP contribution in [0.5, 0.6) is 5.75 Å². The van der Waals surface area contributed by atoms with E-state index in [0.29, 0.717) is 25.3 Å². The molecule has 0 heterocycles. The third-order valence-corrected chi connectivity index (χ3v) is 6.01. The van der Waals surface area contributed by atoms with E-state index in [1.54, 1.807) is 23.8 Å². The lowest BCUT2D eigenvalue weighted by molar-refractivity contribution is -0.139. The molecule has 0 aromatic heterocycles. The summed E-state index contributed by atoms with van der Waals surface area (Å²) >= 11 is 1.56. The average molecular weight is 443 g/mol. The van der Waals surface area contributed by atoms with E-state index in [1.807, 2.05) is 63.2 Å². The fourth-order valence-electron chi connectivity index (χ4n) is 3.35. The molecule has 5 nitrogen and oxygen atoms in total. The number of nitrogens with zero attached hydrogens (tertiary/aromatic N) is 1.